The van der Waals surface area contributed by atoms with Gasteiger partial charge in [0.2, 0.25) is 0 Å². The molecular formula is C13H14Cl2N2O3. The summed E-state index contributed by atoms with van der Waals surface area (Å²) < 4.78 is 0. The molecular weight excluding hydrogens is 303 g/mol. The van der Waals surface area contributed by atoms with Crippen LogP contribution in [-0.2, 0) is 4.79 Å². The molecule has 1 aliphatic rings. The zero-order valence-corrected chi connectivity index (χ0v) is 12.0. The molecule has 2 unspecified atom stereocenters. The molecule has 1 aromatic rings. The first-order chi connectivity index (χ1) is 9.38. The minimum atomic E-state index is -0.819. The summed E-state index contributed by atoms with van der Waals surface area (Å²) >= 11 is 11.8. The lowest BCUT2D eigenvalue weighted by Gasteiger charge is -2.13. The van der Waals surface area contributed by atoms with E-state index in [-0.39, 0.29) is 33.6 Å². The lowest BCUT2D eigenvalue weighted by atomic mass is 10.1. The Balaban J connectivity index is 2.04. The van der Waals surface area contributed by atoms with Crippen LogP contribution < -0.4 is 11.1 Å². The lowest BCUT2D eigenvalue weighted by molar-refractivity contribution is -0.141. The number of aliphatic carboxylic acids is 1. The van der Waals surface area contributed by atoms with Gasteiger partial charge in [0.05, 0.1) is 21.7 Å². The topological polar surface area (TPSA) is 92.4 Å². The molecule has 0 heterocycles. The standard InChI is InChI=1S/C13H14Cl2N2O3/c14-9-4-7(5-10(15)11(9)16)12(18)17-8-2-1-6(3-8)13(19)20/h4-6,8H,1-3,16H2,(H,17,18)(H,19,20). The average molecular weight is 317 g/mol. The maximum atomic E-state index is 12.1. The van der Waals surface area contributed by atoms with Crippen LogP contribution in [-0.4, -0.2) is 23.0 Å². The molecule has 1 aromatic carbocycles. The van der Waals surface area contributed by atoms with Crippen molar-refractivity contribution >= 4 is 40.8 Å². The van der Waals surface area contributed by atoms with Gasteiger partial charge in [0.25, 0.3) is 5.91 Å². The minimum absolute atomic E-state index is 0.140. The molecule has 0 radical (unpaired) electrons. The monoisotopic (exact) mass is 316 g/mol. The van der Waals surface area contributed by atoms with Crippen LogP contribution in [0.1, 0.15) is 29.6 Å². The van der Waals surface area contributed by atoms with Crippen LogP contribution in [0.5, 0.6) is 0 Å². The molecule has 0 bridgehead atoms. The molecule has 2 atom stereocenters. The normalized spacial score (nSPS) is 21.7. The molecule has 1 amide bonds. The first kappa shape index (κ1) is 14.9. The van der Waals surface area contributed by atoms with Crippen molar-refractivity contribution in [2.45, 2.75) is 25.3 Å². The molecule has 0 aromatic heterocycles. The Morgan fingerprint density at radius 2 is 1.85 bits per heavy atom. The third-order valence-electron chi connectivity index (χ3n) is 3.46. The number of halogens is 2. The zero-order valence-electron chi connectivity index (χ0n) is 10.5. The largest absolute Gasteiger partial charge is 0.481 e. The summed E-state index contributed by atoms with van der Waals surface area (Å²) in [5.74, 6) is -1.54. The highest BCUT2D eigenvalue weighted by Gasteiger charge is 2.30. The number of carbonyl (C=O) groups excluding carboxylic acids is 1. The smallest absolute Gasteiger partial charge is 0.306 e. The summed E-state index contributed by atoms with van der Waals surface area (Å²) in [6.07, 6.45) is 1.67. The molecule has 1 fully saturated rings. The average Bonchev–Trinajstić information content (AvgIpc) is 2.84. The molecule has 2 rings (SSSR count). The van der Waals surface area contributed by atoms with Gasteiger partial charge >= 0.3 is 5.97 Å². The number of anilines is 1. The van der Waals surface area contributed by atoms with Gasteiger partial charge in [-0.15, -0.1) is 0 Å². The van der Waals surface area contributed by atoms with Gasteiger partial charge in [0, 0.05) is 11.6 Å². The molecule has 0 aliphatic heterocycles. The minimum Gasteiger partial charge on any atom is -0.481 e. The summed E-state index contributed by atoms with van der Waals surface area (Å²) in [5, 5.41) is 12.2. The number of amides is 1. The number of hydrogen-bond donors (Lipinski definition) is 3. The van der Waals surface area contributed by atoms with E-state index in [0.717, 1.165) is 0 Å². The van der Waals surface area contributed by atoms with E-state index < -0.39 is 5.97 Å². The van der Waals surface area contributed by atoms with Crippen molar-refractivity contribution in [2.24, 2.45) is 5.92 Å². The van der Waals surface area contributed by atoms with Crippen molar-refractivity contribution in [3.8, 4) is 0 Å². The molecule has 108 valence electrons. The molecule has 20 heavy (non-hydrogen) atoms. The Bertz CT molecular complexity index is 540. The number of nitrogen functional groups attached to an aromatic ring is 1. The Hall–Kier alpha value is -1.46. The highest BCUT2D eigenvalue weighted by atomic mass is 35.5. The van der Waals surface area contributed by atoms with Gasteiger partial charge < -0.3 is 16.2 Å². The van der Waals surface area contributed by atoms with Gasteiger partial charge in [0.15, 0.2) is 0 Å². The molecule has 4 N–H and O–H groups in total. The summed E-state index contributed by atoms with van der Waals surface area (Å²) in [7, 11) is 0. The number of carbonyl (C=O) groups is 2. The zero-order chi connectivity index (χ0) is 14.9. The van der Waals surface area contributed by atoms with Crippen LogP contribution in [0.3, 0.4) is 0 Å². The quantitative estimate of drug-likeness (QED) is 0.747. The van der Waals surface area contributed by atoms with E-state index in [9.17, 15) is 9.59 Å². The van der Waals surface area contributed by atoms with Gasteiger partial charge in [-0.3, -0.25) is 9.59 Å². The van der Waals surface area contributed by atoms with Crippen molar-refractivity contribution in [3.63, 3.8) is 0 Å². The fourth-order valence-corrected chi connectivity index (χ4v) is 2.81. The maximum Gasteiger partial charge on any atom is 0.306 e. The van der Waals surface area contributed by atoms with Crippen LogP contribution in [0, 0.1) is 5.92 Å². The number of benzene rings is 1. The fourth-order valence-electron chi connectivity index (χ4n) is 2.32. The number of nitrogens with two attached hydrogens (primary N) is 1. The first-order valence-electron chi connectivity index (χ1n) is 6.16. The Morgan fingerprint density at radius 3 is 2.35 bits per heavy atom. The van der Waals surface area contributed by atoms with E-state index in [2.05, 4.69) is 5.32 Å². The van der Waals surface area contributed by atoms with Crippen LogP contribution in [0.4, 0.5) is 5.69 Å². The second-order valence-corrected chi connectivity index (χ2v) is 5.69. The lowest BCUT2D eigenvalue weighted by Crippen LogP contribution is -2.33. The highest BCUT2D eigenvalue weighted by molar-refractivity contribution is 6.39. The summed E-state index contributed by atoms with van der Waals surface area (Å²) in [6.45, 7) is 0. The van der Waals surface area contributed by atoms with Crippen molar-refractivity contribution < 1.29 is 14.7 Å². The highest BCUT2D eigenvalue weighted by Crippen LogP contribution is 2.30. The van der Waals surface area contributed by atoms with Gasteiger partial charge in [-0.25, -0.2) is 0 Å². The van der Waals surface area contributed by atoms with Gasteiger partial charge in [-0.05, 0) is 31.4 Å². The molecule has 5 nitrogen and oxygen atoms in total. The molecule has 0 spiro atoms. The van der Waals surface area contributed by atoms with E-state index in [0.29, 0.717) is 24.8 Å². The van der Waals surface area contributed by atoms with E-state index in [1.807, 2.05) is 0 Å². The first-order valence-corrected chi connectivity index (χ1v) is 6.92. The fraction of sp³-hybridized carbons (Fsp3) is 0.385. The van der Waals surface area contributed by atoms with Crippen molar-refractivity contribution in [2.75, 3.05) is 5.73 Å². The van der Waals surface area contributed by atoms with Gasteiger partial charge in [-0.1, -0.05) is 23.2 Å². The molecule has 7 heteroatoms. The summed E-state index contributed by atoms with van der Waals surface area (Å²) in [5.41, 5.74) is 6.15. The Labute approximate surface area is 126 Å². The second kappa shape index (κ2) is 5.89. The number of carboxylic acids is 1. The number of hydrogen-bond acceptors (Lipinski definition) is 3. The van der Waals surface area contributed by atoms with E-state index in [4.69, 9.17) is 34.0 Å². The van der Waals surface area contributed by atoms with Crippen LogP contribution >= 0.6 is 23.2 Å². The molecule has 1 aliphatic carbocycles. The number of carboxylic acid groups (broad SMARTS) is 1. The van der Waals surface area contributed by atoms with Crippen LogP contribution in [0.25, 0.3) is 0 Å². The third kappa shape index (κ3) is 3.16. The number of nitrogens with one attached hydrogen (secondary N) is 1. The van der Waals surface area contributed by atoms with E-state index >= 15 is 0 Å². The van der Waals surface area contributed by atoms with Gasteiger partial charge in [-0.2, -0.15) is 0 Å². The van der Waals surface area contributed by atoms with Crippen LogP contribution in [0.15, 0.2) is 12.1 Å². The number of rotatable bonds is 3. The SMILES string of the molecule is Nc1c(Cl)cc(C(=O)NC2CCC(C(=O)O)C2)cc1Cl. The summed E-state index contributed by atoms with van der Waals surface area (Å²) in [4.78, 5) is 22.9. The van der Waals surface area contributed by atoms with Crippen molar-refractivity contribution in [1.29, 1.82) is 0 Å². The predicted molar refractivity (Wildman–Crippen MR) is 77.1 cm³/mol. The van der Waals surface area contributed by atoms with Crippen molar-refractivity contribution in [1.82, 2.24) is 5.32 Å². The van der Waals surface area contributed by atoms with E-state index in [1.54, 1.807) is 0 Å². The maximum absolute atomic E-state index is 12.1. The van der Waals surface area contributed by atoms with E-state index in [1.165, 1.54) is 12.1 Å². The molecule has 1 saturated carbocycles. The van der Waals surface area contributed by atoms with Crippen LogP contribution in [0.2, 0.25) is 10.0 Å². The Morgan fingerprint density at radius 1 is 1.25 bits per heavy atom. The Kier molecular flexibility index (Phi) is 4.40. The predicted octanol–water partition coefficient (Wildman–Crippen LogP) is 2.56. The second-order valence-electron chi connectivity index (χ2n) is 4.87. The van der Waals surface area contributed by atoms with Gasteiger partial charge in [0.1, 0.15) is 0 Å². The third-order valence-corrected chi connectivity index (χ3v) is 4.08. The molecule has 0 saturated heterocycles. The van der Waals surface area contributed by atoms with Crippen molar-refractivity contribution in [3.05, 3.63) is 27.7 Å². The summed E-state index contributed by atoms with van der Waals surface area (Å²) in [6, 6.07) is 2.75.